The van der Waals surface area contributed by atoms with Gasteiger partial charge in [-0.2, -0.15) is 5.10 Å². The second-order valence-corrected chi connectivity index (χ2v) is 6.18. The van der Waals surface area contributed by atoms with Gasteiger partial charge >= 0.3 is 0 Å². The van der Waals surface area contributed by atoms with Crippen molar-refractivity contribution in [2.24, 2.45) is 0 Å². The van der Waals surface area contributed by atoms with Gasteiger partial charge < -0.3 is 10.5 Å². The van der Waals surface area contributed by atoms with Gasteiger partial charge in [-0.1, -0.05) is 12.1 Å². The lowest BCUT2D eigenvalue weighted by Gasteiger charge is -2.06. The number of thiophene rings is 1. The first kappa shape index (κ1) is 14.2. The van der Waals surface area contributed by atoms with Gasteiger partial charge in [0, 0.05) is 4.47 Å². The summed E-state index contributed by atoms with van der Waals surface area (Å²) in [5, 5.41) is 9.21. The van der Waals surface area contributed by atoms with E-state index in [1.807, 2.05) is 42.6 Å². The van der Waals surface area contributed by atoms with Gasteiger partial charge in [0.2, 0.25) is 0 Å². The van der Waals surface area contributed by atoms with Crippen molar-refractivity contribution < 1.29 is 4.74 Å². The second kappa shape index (κ2) is 5.91. The molecule has 0 amide bonds. The molecule has 0 radical (unpaired) electrons. The summed E-state index contributed by atoms with van der Waals surface area (Å²) in [6, 6.07) is 9.89. The molecular formula is C15H14BrN3OS. The van der Waals surface area contributed by atoms with Crippen molar-refractivity contribution in [1.29, 1.82) is 0 Å². The molecule has 6 heteroatoms. The molecule has 0 spiro atoms. The van der Waals surface area contributed by atoms with Crippen molar-refractivity contribution in [1.82, 2.24) is 10.2 Å². The molecule has 1 aromatic carbocycles. The fraction of sp³-hybridized carbons (Fsp3) is 0.133. The Bertz CT molecular complexity index is 749. The van der Waals surface area contributed by atoms with Crippen LogP contribution in [0.15, 0.2) is 40.2 Å². The largest absolute Gasteiger partial charge is 0.494 e. The highest BCUT2D eigenvalue weighted by Crippen LogP contribution is 2.40. The zero-order valence-electron chi connectivity index (χ0n) is 11.4. The van der Waals surface area contributed by atoms with Gasteiger partial charge in [0.05, 0.1) is 22.7 Å². The molecule has 21 heavy (non-hydrogen) atoms. The normalized spacial score (nSPS) is 10.8. The standard InChI is InChI=1S/C15H14BrN3OS/c1-2-20-10-5-3-9(4-6-10)12-13(18-19-15(12)17)14-11(16)7-8-21-14/h3-8H,2H2,1H3,(H3,17,18,19). The smallest absolute Gasteiger partial charge is 0.153 e. The Balaban J connectivity index is 2.06. The Labute approximate surface area is 135 Å². The van der Waals surface area contributed by atoms with E-state index >= 15 is 0 Å². The minimum Gasteiger partial charge on any atom is -0.494 e. The summed E-state index contributed by atoms with van der Waals surface area (Å²) in [5.41, 5.74) is 8.90. The first-order valence-corrected chi connectivity index (χ1v) is 8.18. The summed E-state index contributed by atoms with van der Waals surface area (Å²) >= 11 is 5.19. The summed E-state index contributed by atoms with van der Waals surface area (Å²) in [6.45, 7) is 2.62. The van der Waals surface area contributed by atoms with E-state index in [2.05, 4.69) is 26.1 Å². The number of anilines is 1. The molecular weight excluding hydrogens is 350 g/mol. The Morgan fingerprint density at radius 3 is 2.67 bits per heavy atom. The minimum absolute atomic E-state index is 0.495. The first-order valence-electron chi connectivity index (χ1n) is 6.51. The second-order valence-electron chi connectivity index (χ2n) is 4.41. The van der Waals surface area contributed by atoms with Crippen LogP contribution in [0.1, 0.15) is 6.92 Å². The maximum Gasteiger partial charge on any atom is 0.153 e. The summed E-state index contributed by atoms with van der Waals surface area (Å²) < 4.78 is 6.50. The van der Waals surface area contributed by atoms with Gasteiger partial charge in [-0.25, -0.2) is 0 Å². The van der Waals surface area contributed by atoms with E-state index in [0.717, 1.165) is 31.9 Å². The van der Waals surface area contributed by atoms with Crippen molar-refractivity contribution in [3.63, 3.8) is 0 Å². The minimum atomic E-state index is 0.495. The van der Waals surface area contributed by atoms with Gasteiger partial charge in [-0.3, -0.25) is 5.10 Å². The third-order valence-corrected chi connectivity index (χ3v) is 4.95. The number of aromatic amines is 1. The molecule has 0 atom stereocenters. The highest BCUT2D eigenvalue weighted by atomic mass is 79.9. The zero-order valence-corrected chi connectivity index (χ0v) is 13.8. The topological polar surface area (TPSA) is 63.9 Å². The lowest BCUT2D eigenvalue weighted by atomic mass is 10.0. The molecule has 0 saturated carbocycles. The molecule has 0 bridgehead atoms. The number of nitrogens with two attached hydrogens (primary N) is 1. The Hall–Kier alpha value is -1.79. The number of nitrogen functional groups attached to an aromatic ring is 1. The van der Waals surface area contributed by atoms with E-state index in [4.69, 9.17) is 10.5 Å². The van der Waals surface area contributed by atoms with Gasteiger partial charge in [-0.05, 0) is 52.0 Å². The predicted molar refractivity (Wildman–Crippen MR) is 90.6 cm³/mol. The van der Waals surface area contributed by atoms with Crippen LogP contribution in [-0.2, 0) is 0 Å². The lowest BCUT2D eigenvalue weighted by Crippen LogP contribution is -1.92. The third-order valence-electron chi connectivity index (χ3n) is 3.09. The van der Waals surface area contributed by atoms with Crippen LogP contribution in [0.25, 0.3) is 21.7 Å². The molecule has 0 aliphatic heterocycles. The molecule has 0 aliphatic rings. The van der Waals surface area contributed by atoms with Crippen LogP contribution in [0.3, 0.4) is 0 Å². The molecule has 3 rings (SSSR count). The average Bonchev–Trinajstić information content (AvgIpc) is 3.06. The molecule has 3 aromatic rings. The lowest BCUT2D eigenvalue weighted by molar-refractivity contribution is 0.340. The Morgan fingerprint density at radius 1 is 1.29 bits per heavy atom. The maximum atomic E-state index is 6.04. The third kappa shape index (κ3) is 2.69. The zero-order chi connectivity index (χ0) is 14.8. The van der Waals surface area contributed by atoms with Gasteiger partial charge in [0.15, 0.2) is 5.82 Å². The first-order chi connectivity index (χ1) is 10.2. The van der Waals surface area contributed by atoms with E-state index in [-0.39, 0.29) is 0 Å². The molecule has 3 N–H and O–H groups in total. The summed E-state index contributed by atoms with van der Waals surface area (Å²) in [5.74, 6) is 1.34. The molecule has 0 saturated heterocycles. The van der Waals surface area contributed by atoms with E-state index in [1.54, 1.807) is 11.3 Å². The van der Waals surface area contributed by atoms with Gasteiger partial charge in [0.1, 0.15) is 5.75 Å². The highest BCUT2D eigenvalue weighted by Gasteiger charge is 2.17. The SMILES string of the molecule is CCOc1ccc(-c2c(N)n[nH]c2-c2sccc2Br)cc1. The quantitative estimate of drug-likeness (QED) is 0.714. The summed E-state index contributed by atoms with van der Waals surface area (Å²) in [4.78, 5) is 1.09. The fourth-order valence-corrected chi connectivity index (χ4v) is 3.74. The average molecular weight is 364 g/mol. The van der Waals surface area contributed by atoms with Crippen molar-refractivity contribution in [3.05, 3.63) is 40.2 Å². The number of hydrogen-bond acceptors (Lipinski definition) is 4. The highest BCUT2D eigenvalue weighted by molar-refractivity contribution is 9.10. The number of ether oxygens (including phenoxy) is 1. The van der Waals surface area contributed by atoms with E-state index < -0.39 is 0 Å². The van der Waals surface area contributed by atoms with E-state index in [0.29, 0.717) is 12.4 Å². The van der Waals surface area contributed by atoms with Crippen LogP contribution in [0, 0.1) is 0 Å². The van der Waals surface area contributed by atoms with Gasteiger partial charge in [0.25, 0.3) is 0 Å². The monoisotopic (exact) mass is 363 g/mol. The molecule has 108 valence electrons. The maximum absolute atomic E-state index is 6.04. The van der Waals surface area contributed by atoms with Crippen LogP contribution in [0.5, 0.6) is 5.75 Å². The molecule has 0 fully saturated rings. The number of halogens is 1. The van der Waals surface area contributed by atoms with Crippen molar-refractivity contribution in [2.75, 3.05) is 12.3 Å². The van der Waals surface area contributed by atoms with Crippen LogP contribution >= 0.6 is 27.3 Å². The molecule has 0 aliphatic carbocycles. The molecule has 2 aromatic heterocycles. The van der Waals surface area contributed by atoms with Gasteiger partial charge in [-0.15, -0.1) is 11.3 Å². The van der Waals surface area contributed by atoms with Crippen molar-refractivity contribution in [3.8, 4) is 27.4 Å². The number of hydrogen-bond donors (Lipinski definition) is 2. The molecule has 4 nitrogen and oxygen atoms in total. The van der Waals surface area contributed by atoms with E-state index in [9.17, 15) is 0 Å². The van der Waals surface area contributed by atoms with Crippen molar-refractivity contribution >= 4 is 33.1 Å². The summed E-state index contributed by atoms with van der Waals surface area (Å²) in [6.07, 6.45) is 0. The van der Waals surface area contributed by atoms with Crippen LogP contribution in [0.2, 0.25) is 0 Å². The predicted octanol–water partition coefficient (Wildman–Crippen LogP) is 4.55. The number of nitrogens with one attached hydrogen (secondary N) is 1. The summed E-state index contributed by atoms with van der Waals surface area (Å²) in [7, 11) is 0. The number of benzene rings is 1. The number of rotatable bonds is 4. The Kier molecular flexibility index (Phi) is 3.98. The number of nitrogens with zero attached hydrogens (tertiary/aromatic N) is 1. The molecule has 2 heterocycles. The fourth-order valence-electron chi connectivity index (χ4n) is 2.17. The van der Waals surface area contributed by atoms with Crippen LogP contribution in [0.4, 0.5) is 5.82 Å². The van der Waals surface area contributed by atoms with Crippen LogP contribution < -0.4 is 10.5 Å². The molecule has 0 unspecified atom stereocenters. The Morgan fingerprint density at radius 2 is 2.05 bits per heavy atom. The van der Waals surface area contributed by atoms with Crippen LogP contribution in [-0.4, -0.2) is 16.8 Å². The number of H-pyrrole nitrogens is 1. The number of aromatic nitrogens is 2. The van der Waals surface area contributed by atoms with E-state index in [1.165, 1.54) is 0 Å². The van der Waals surface area contributed by atoms with Crippen molar-refractivity contribution in [2.45, 2.75) is 6.92 Å².